The molecule has 0 radical (unpaired) electrons. The van der Waals surface area contributed by atoms with Crippen LogP contribution in [0.3, 0.4) is 0 Å². The van der Waals surface area contributed by atoms with Crippen LogP contribution >= 0.6 is 0 Å². The van der Waals surface area contributed by atoms with Gasteiger partial charge in [-0.25, -0.2) is 0 Å². The highest BCUT2D eigenvalue weighted by Gasteiger charge is 2.67. The third kappa shape index (κ3) is 1.87. The molecule has 4 rings (SSSR count). The summed E-state index contributed by atoms with van der Waals surface area (Å²) < 4.78 is 5.66. The average Bonchev–Trinajstić information content (AvgIpc) is 2.88. The third-order valence-electron chi connectivity index (χ3n) is 6.38. The zero-order valence-corrected chi connectivity index (χ0v) is 13.2. The molecule has 0 saturated heterocycles. The smallest absolute Gasteiger partial charge is 0.124 e. The first kappa shape index (κ1) is 13.6. The molecule has 3 nitrogen and oxygen atoms in total. The number of nitrogens with two attached hydrogens (primary N) is 1. The molecule has 114 valence electrons. The second-order valence-electron chi connectivity index (χ2n) is 7.41. The lowest BCUT2D eigenvalue weighted by Crippen LogP contribution is -2.32. The summed E-state index contributed by atoms with van der Waals surface area (Å²) in [5.41, 5.74) is 6.96. The number of benzene rings is 1. The molecule has 3 aliphatic carbocycles. The van der Waals surface area contributed by atoms with Crippen LogP contribution in [0.1, 0.15) is 42.0 Å². The predicted octanol–water partition coefficient (Wildman–Crippen LogP) is 3.11. The maximum absolute atomic E-state index is 5.99. The second kappa shape index (κ2) is 4.72. The van der Waals surface area contributed by atoms with E-state index in [0.717, 1.165) is 35.3 Å². The molecule has 0 amide bonds. The van der Waals surface area contributed by atoms with Gasteiger partial charge in [0.05, 0.1) is 13.2 Å². The minimum absolute atomic E-state index is 0.249. The van der Waals surface area contributed by atoms with E-state index < -0.39 is 0 Å². The van der Waals surface area contributed by atoms with Crippen molar-refractivity contribution in [1.29, 1.82) is 0 Å². The second-order valence-corrected chi connectivity index (χ2v) is 7.41. The van der Waals surface area contributed by atoms with Gasteiger partial charge >= 0.3 is 0 Å². The summed E-state index contributed by atoms with van der Waals surface area (Å²) in [6.45, 7) is 4.30. The number of hydrogen-bond donors (Lipinski definition) is 2. The van der Waals surface area contributed by atoms with Crippen molar-refractivity contribution in [2.75, 3.05) is 7.11 Å². The Morgan fingerprint density at radius 2 is 1.86 bits per heavy atom. The molecular weight excluding hydrogens is 260 g/mol. The van der Waals surface area contributed by atoms with E-state index in [1.165, 1.54) is 36.0 Å². The quantitative estimate of drug-likeness (QED) is 0.660. The van der Waals surface area contributed by atoms with Gasteiger partial charge in [0.2, 0.25) is 0 Å². The SMILES string of the molecule is COc1cc(C)cc(C)c1C(NN)C1C2C3CCC(C3)C21. The van der Waals surface area contributed by atoms with Gasteiger partial charge < -0.3 is 4.74 Å². The molecule has 21 heavy (non-hydrogen) atoms. The molecule has 1 aromatic rings. The van der Waals surface area contributed by atoms with E-state index in [0.29, 0.717) is 0 Å². The number of aryl methyl sites for hydroxylation is 2. The van der Waals surface area contributed by atoms with Crippen molar-refractivity contribution in [3.8, 4) is 5.75 Å². The topological polar surface area (TPSA) is 47.3 Å². The molecule has 3 saturated carbocycles. The fourth-order valence-corrected chi connectivity index (χ4v) is 5.73. The first-order valence-electron chi connectivity index (χ1n) is 8.27. The van der Waals surface area contributed by atoms with Crippen LogP contribution in [0.5, 0.6) is 5.75 Å². The third-order valence-corrected chi connectivity index (χ3v) is 6.38. The average molecular weight is 286 g/mol. The van der Waals surface area contributed by atoms with Gasteiger partial charge in [-0.2, -0.15) is 0 Å². The summed E-state index contributed by atoms with van der Waals surface area (Å²) in [5.74, 6) is 11.5. The van der Waals surface area contributed by atoms with E-state index in [9.17, 15) is 0 Å². The van der Waals surface area contributed by atoms with E-state index in [1.54, 1.807) is 7.11 Å². The van der Waals surface area contributed by atoms with Crippen LogP contribution in [0.25, 0.3) is 0 Å². The highest BCUT2D eigenvalue weighted by atomic mass is 16.5. The van der Waals surface area contributed by atoms with Gasteiger partial charge in [-0.15, -0.1) is 0 Å². The fraction of sp³-hybridized carbons (Fsp3) is 0.667. The maximum atomic E-state index is 5.99. The van der Waals surface area contributed by atoms with Gasteiger partial charge in [-0.1, -0.05) is 6.07 Å². The molecular formula is C18H26N2O. The number of hydrogen-bond acceptors (Lipinski definition) is 3. The Hall–Kier alpha value is -1.06. The van der Waals surface area contributed by atoms with Crippen LogP contribution in [0.15, 0.2) is 12.1 Å². The molecule has 5 unspecified atom stereocenters. The van der Waals surface area contributed by atoms with Crippen molar-refractivity contribution in [3.05, 3.63) is 28.8 Å². The maximum Gasteiger partial charge on any atom is 0.124 e. The van der Waals surface area contributed by atoms with Crippen LogP contribution in [-0.4, -0.2) is 7.11 Å². The van der Waals surface area contributed by atoms with Crippen molar-refractivity contribution in [2.45, 2.75) is 39.2 Å². The fourth-order valence-electron chi connectivity index (χ4n) is 5.73. The molecule has 2 bridgehead atoms. The van der Waals surface area contributed by atoms with Crippen LogP contribution < -0.4 is 16.0 Å². The normalized spacial score (nSPS) is 37.4. The number of methoxy groups -OCH3 is 1. The van der Waals surface area contributed by atoms with Crippen LogP contribution in [-0.2, 0) is 0 Å². The first-order valence-corrected chi connectivity index (χ1v) is 8.27. The monoisotopic (exact) mass is 286 g/mol. The van der Waals surface area contributed by atoms with Crippen LogP contribution in [0.4, 0.5) is 0 Å². The Balaban J connectivity index is 1.69. The molecule has 3 heteroatoms. The van der Waals surface area contributed by atoms with Crippen molar-refractivity contribution >= 4 is 0 Å². The van der Waals surface area contributed by atoms with Gasteiger partial charge in [0.1, 0.15) is 5.75 Å². The van der Waals surface area contributed by atoms with E-state index >= 15 is 0 Å². The Labute approximate surface area is 127 Å². The Bertz CT molecular complexity index is 555. The molecule has 0 spiro atoms. The number of nitrogens with one attached hydrogen (secondary N) is 1. The largest absolute Gasteiger partial charge is 0.496 e. The molecule has 3 fully saturated rings. The summed E-state index contributed by atoms with van der Waals surface area (Å²) in [7, 11) is 1.77. The zero-order chi connectivity index (χ0) is 14.7. The van der Waals surface area contributed by atoms with Crippen molar-refractivity contribution in [1.82, 2.24) is 5.43 Å². The van der Waals surface area contributed by atoms with E-state index in [4.69, 9.17) is 10.6 Å². The molecule has 0 aliphatic heterocycles. The van der Waals surface area contributed by atoms with E-state index in [1.807, 2.05) is 0 Å². The van der Waals surface area contributed by atoms with Crippen LogP contribution in [0.2, 0.25) is 0 Å². The van der Waals surface area contributed by atoms with Gasteiger partial charge in [0.15, 0.2) is 0 Å². The molecule has 3 aliphatic rings. The minimum atomic E-state index is 0.249. The highest BCUT2D eigenvalue weighted by Crippen LogP contribution is 2.72. The predicted molar refractivity (Wildman–Crippen MR) is 83.8 cm³/mol. The first-order chi connectivity index (χ1) is 10.2. The lowest BCUT2D eigenvalue weighted by molar-refractivity contribution is 0.352. The van der Waals surface area contributed by atoms with Gasteiger partial charge in [-0.05, 0) is 79.9 Å². The number of ether oxygens (including phenoxy) is 1. The minimum Gasteiger partial charge on any atom is -0.496 e. The van der Waals surface area contributed by atoms with E-state index in [2.05, 4.69) is 31.4 Å². The van der Waals surface area contributed by atoms with Crippen LogP contribution in [0, 0.1) is 43.4 Å². The zero-order valence-electron chi connectivity index (χ0n) is 13.2. The molecule has 5 atom stereocenters. The summed E-state index contributed by atoms with van der Waals surface area (Å²) in [4.78, 5) is 0. The Morgan fingerprint density at radius 3 is 2.43 bits per heavy atom. The molecule has 0 heterocycles. The van der Waals surface area contributed by atoms with Crippen molar-refractivity contribution < 1.29 is 4.74 Å². The van der Waals surface area contributed by atoms with Gasteiger partial charge in [0, 0.05) is 5.56 Å². The van der Waals surface area contributed by atoms with Crippen molar-refractivity contribution in [3.63, 3.8) is 0 Å². The number of fused-ring (bicyclic) bond motifs is 5. The number of rotatable bonds is 4. The van der Waals surface area contributed by atoms with Gasteiger partial charge in [0.25, 0.3) is 0 Å². The highest BCUT2D eigenvalue weighted by molar-refractivity contribution is 5.46. The molecule has 3 N–H and O–H groups in total. The Kier molecular flexibility index (Phi) is 3.05. The molecule has 1 aromatic carbocycles. The summed E-state index contributed by atoms with van der Waals surface area (Å²) in [6, 6.07) is 4.63. The van der Waals surface area contributed by atoms with Gasteiger partial charge in [-0.3, -0.25) is 11.3 Å². The Morgan fingerprint density at radius 1 is 1.19 bits per heavy atom. The standard InChI is InChI=1S/C18H26N2O/c1-9-6-10(2)14(13(7-9)21-3)18(20-19)17-15-11-4-5-12(8-11)16(15)17/h6-7,11-12,15-18,20H,4-5,8,19H2,1-3H3. The van der Waals surface area contributed by atoms with Crippen molar-refractivity contribution in [2.24, 2.45) is 35.4 Å². The lowest BCUT2D eigenvalue weighted by Gasteiger charge is -2.24. The molecule has 0 aromatic heterocycles. The summed E-state index contributed by atoms with van der Waals surface area (Å²) in [6.07, 6.45) is 4.38. The number of hydrazine groups is 1. The summed E-state index contributed by atoms with van der Waals surface area (Å²) >= 11 is 0. The summed E-state index contributed by atoms with van der Waals surface area (Å²) in [5, 5.41) is 0. The lowest BCUT2D eigenvalue weighted by atomic mass is 9.90. The van der Waals surface area contributed by atoms with E-state index in [-0.39, 0.29) is 6.04 Å².